The number of amides is 2. The zero-order valence-electron chi connectivity index (χ0n) is 16.7. The monoisotopic (exact) mass is 402 g/mol. The first-order valence-corrected chi connectivity index (χ1v) is 11.1. The molecule has 0 unspecified atom stereocenters. The second kappa shape index (κ2) is 10.5. The predicted molar refractivity (Wildman–Crippen MR) is 113 cm³/mol. The van der Waals surface area contributed by atoms with Crippen LogP contribution in [0.4, 0.5) is 0 Å². The molecule has 2 heterocycles. The Kier molecular flexibility index (Phi) is 7.80. The van der Waals surface area contributed by atoms with Crippen LogP contribution in [0, 0.1) is 0 Å². The number of aryl methyl sites for hydroxylation is 1. The Balaban J connectivity index is 1.31. The normalized spacial score (nSPS) is 15.1. The topological polar surface area (TPSA) is 65.5 Å². The summed E-state index contributed by atoms with van der Waals surface area (Å²) < 4.78 is 1.23. The molecule has 6 nitrogen and oxygen atoms in total. The van der Waals surface area contributed by atoms with Crippen LogP contribution in [0.25, 0.3) is 10.2 Å². The van der Waals surface area contributed by atoms with Gasteiger partial charge in [0, 0.05) is 39.1 Å². The number of carbonyl (C=O) groups excluding carboxylic acids is 2. The largest absolute Gasteiger partial charge is 0.355 e. The number of hydrogen-bond acceptors (Lipinski definition) is 5. The van der Waals surface area contributed by atoms with Gasteiger partial charge in [-0.05, 0) is 37.8 Å². The van der Waals surface area contributed by atoms with Crippen molar-refractivity contribution in [1.29, 1.82) is 0 Å². The van der Waals surface area contributed by atoms with Crippen molar-refractivity contribution in [3.8, 4) is 0 Å². The van der Waals surface area contributed by atoms with Gasteiger partial charge in [0.2, 0.25) is 11.8 Å². The van der Waals surface area contributed by atoms with Gasteiger partial charge in [-0.1, -0.05) is 19.1 Å². The number of piperazine rings is 1. The minimum absolute atomic E-state index is 0.0801. The molecule has 1 saturated heterocycles. The zero-order valence-corrected chi connectivity index (χ0v) is 17.5. The molecule has 0 saturated carbocycles. The maximum absolute atomic E-state index is 12.4. The van der Waals surface area contributed by atoms with Crippen LogP contribution in [0.2, 0.25) is 0 Å². The molecule has 152 valence electrons. The van der Waals surface area contributed by atoms with Crippen molar-refractivity contribution in [1.82, 2.24) is 20.1 Å². The molecule has 28 heavy (non-hydrogen) atoms. The summed E-state index contributed by atoms with van der Waals surface area (Å²) >= 11 is 1.75. The number of hydrogen-bond donors (Lipinski definition) is 1. The Labute approximate surface area is 170 Å². The number of fused-ring (bicyclic) bond motifs is 1. The average Bonchev–Trinajstić information content (AvgIpc) is 3.13. The maximum atomic E-state index is 12.4. The van der Waals surface area contributed by atoms with Gasteiger partial charge in [0.25, 0.3) is 0 Å². The molecule has 2 aromatic rings. The molecule has 0 atom stereocenters. The van der Waals surface area contributed by atoms with Gasteiger partial charge in [-0.15, -0.1) is 11.3 Å². The summed E-state index contributed by atoms with van der Waals surface area (Å²) in [7, 11) is 0. The van der Waals surface area contributed by atoms with E-state index in [1.165, 1.54) is 4.70 Å². The van der Waals surface area contributed by atoms with Gasteiger partial charge in [-0.25, -0.2) is 4.98 Å². The van der Waals surface area contributed by atoms with Crippen LogP contribution < -0.4 is 5.32 Å². The van der Waals surface area contributed by atoms with E-state index in [0.29, 0.717) is 13.0 Å². The Morgan fingerprint density at radius 1 is 1.14 bits per heavy atom. The first-order chi connectivity index (χ1) is 13.7. The summed E-state index contributed by atoms with van der Waals surface area (Å²) in [4.78, 5) is 33.0. The van der Waals surface area contributed by atoms with E-state index in [-0.39, 0.29) is 11.8 Å². The maximum Gasteiger partial charge on any atom is 0.234 e. The van der Waals surface area contributed by atoms with Crippen LogP contribution in [-0.4, -0.2) is 65.9 Å². The second-order valence-corrected chi connectivity index (χ2v) is 8.40. The van der Waals surface area contributed by atoms with Crippen molar-refractivity contribution >= 4 is 33.4 Å². The van der Waals surface area contributed by atoms with Crippen LogP contribution in [0.5, 0.6) is 0 Å². The van der Waals surface area contributed by atoms with E-state index in [1.54, 1.807) is 11.3 Å². The zero-order chi connectivity index (χ0) is 19.8. The number of benzene rings is 1. The van der Waals surface area contributed by atoms with Crippen LogP contribution in [0.3, 0.4) is 0 Å². The van der Waals surface area contributed by atoms with E-state index in [0.717, 1.165) is 68.9 Å². The van der Waals surface area contributed by atoms with Crippen LogP contribution >= 0.6 is 11.3 Å². The summed E-state index contributed by atoms with van der Waals surface area (Å²) in [6.07, 6.45) is 4.37. The van der Waals surface area contributed by atoms with E-state index in [2.05, 4.69) is 21.3 Å². The lowest BCUT2D eigenvalue weighted by Crippen LogP contribution is -2.51. The number of unbranched alkanes of at least 4 members (excludes halogenated alkanes) is 1. The summed E-state index contributed by atoms with van der Waals surface area (Å²) in [5, 5.41) is 4.06. The number of rotatable bonds is 9. The molecule has 1 fully saturated rings. The summed E-state index contributed by atoms with van der Waals surface area (Å²) in [6.45, 7) is 6.20. The van der Waals surface area contributed by atoms with Gasteiger partial charge in [0.1, 0.15) is 0 Å². The molecular formula is C21H30N4O2S. The van der Waals surface area contributed by atoms with Gasteiger partial charge < -0.3 is 10.2 Å². The van der Waals surface area contributed by atoms with Crippen molar-refractivity contribution in [2.45, 2.75) is 39.0 Å². The third kappa shape index (κ3) is 6.01. The summed E-state index contributed by atoms with van der Waals surface area (Å²) in [6, 6.07) is 8.21. The van der Waals surface area contributed by atoms with Gasteiger partial charge in [-0.3, -0.25) is 14.5 Å². The molecule has 0 bridgehead atoms. The molecule has 0 spiro atoms. The fourth-order valence-corrected chi connectivity index (χ4v) is 4.43. The number of aromatic nitrogens is 1. The fourth-order valence-electron chi connectivity index (χ4n) is 3.42. The number of para-hydroxylation sites is 1. The fraction of sp³-hybridized carbons (Fsp3) is 0.571. The highest BCUT2D eigenvalue weighted by atomic mass is 32.1. The molecule has 1 aliphatic heterocycles. The van der Waals surface area contributed by atoms with Crippen molar-refractivity contribution < 1.29 is 9.59 Å². The lowest BCUT2D eigenvalue weighted by Gasteiger charge is -2.34. The van der Waals surface area contributed by atoms with E-state index in [1.807, 2.05) is 30.0 Å². The SMILES string of the molecule is CCCNC(=O)CN1CCN(C(=O)CCCCc2nc3ccccc3s2)CC1. The average molecular weight is 403 g/mol. The van der Waals surface area contributed by atoms with E-state index < -0.39 is 0 Å². The van der Waals surface area contributed by atoms with Crippen molar-refractivity contribution in [3.05, 3.63) is 29.3 Å². The lowest BCUT2D eigenvalue weighted by molar-refractivity contribution is -0.133. The van der Waals surface area contributed by atoms with Crippen LogP contribution in [0.15, 0.2) is 24.3 Å². The number of carbonyl (C=O) groups is 2. The Morgan fingerprint density at radius 2 is 1.93 bits per heavy atom. The quantitative estimate of drug-likeness (QED) is 0.655. The molecule has 1 N–H and O–H groups in total. The third-order valence-corrected chi connectivity index (χ3v) is 6.13. The molecule has 1 aliphatic rings. The first-order valence-electron chi connectivity index (χ1n) is 10.3. The molecular weight excluding hydrogens is 372 g/mol. The van der Waals surface area contributed by atoms with E-state index in [9.17, 15) is 9.59 Å². The Hall–Kier alpha value is -1.99. The highest BCUT2D eigenvalue weighted by Gasteiger charge is 2.21. The summed E-state index contributed by atoms with van der Waals surface area (Å²) in [5.41, 5.74) is 1.07. The number of nitrogens with one attached hydrogen (secondary N) is 1. The molecule has 0 aliphatic carbocycles. The second-order valence-electron chi connectivity index (χ2n) is 7.29. The van der Waals surface area contributed by atoms with Crippen LogP contribution in [0.1, 0.15) is 37.6 Å². The van der Waals surface area contributed by atoms with Gasteiger partial charge in [-0.2, -0.15) is 0 Å². The molecule has 0 radical (unpaired) electrons. The van der Waals surface area contributed by atoms with Gasteiger partial charge in [0.05, 0.1) is 21.8 Å². The standard InChI is InChI=1S/C21H30N4O2S/c1-2-11-22-19(26)16-24-12-14-25(15-13-24)21(27)10-6-5-9-20-23-17-7-3-4-8-18(17)28-20/h3-4,7-8H,2,5-6,9-16H2,1H3,(H,22,26). The van der Waals surface area contributed by atoms with Crippen molar-refractivity contribution in [3.63, 3.8) is 0 Å². The van der Waals surface area contributed by atoms with E-state index in [4.69, 9.17) is 0 Å². The van der Waals surface area contributed by atoms with Crippen molar-refractivity contribution in [2.24, 2.45) is 0 Å². The number of thiazole rings is 1. The van der Waals surface area contributed by atoms with Gasteiger partial charge in [0.15, 0.2) is 0 Å². The molecule has 3 rings (SSSR count). The van der Waals surface area contributed by atoms with Crippen molar-refractivity contribution in [2.75, 3.05) is 39.3 Å². The molecule has 1 aromatic heterocycles. The highest BCUT2D eigenvalue weighted by Crippen LogP contribution is 2.23. The number of nitrogens with zero attached hydrogens (tertiary/aromatic N) is 3. The van der Waals surface area contributed by atoms with Gasteiger partial charge >= 0.3 is 0 Å². The minimum Gasteiger partial charge on any atom is -0.355 e. The highest BCUT2D eigenvalue weighted by molar-refractivity contribution is 7.18. The molecule has 7 heteroatoms. The Bertz CT molecular complexity index is 751. The smallest absolute Gasteiger partial charge is 0.234 e. The summed E-state index contributed by atoms with van der Waals surface area (Å²) in [5.74, 6) is 0.316. The van der Waals surface area contributed by atoms with Crippen LogP contribution in [-0.2, 0) is 16.0 Å². The Morgan fingerprint density at radius 3 is 2.68 bits per heavy atom. The predicted octanol–water partition coefficient (Wildman–Crippen LogP) is 2.68. The molecule has 2 amide bonds. The van der Waals surface area contributed by atoms with E-state index >= 15 is 0 Å². The minimum atomic E-state index is 0.0801. The first kappa shape index (κ1) is 20.7. The lowest BCUT2D eigenvalue weighted by atomic mass is 10.1. The third-order valence-electron chi connectivity index (χ3n) is 5.03. The molecule has 1 aromatic carbocycles.